The van der Waals surface area contributed by atoms with E-state index in [4.69, 9.17) is 0 Å². The van der Waals surface area contributed by atoms with Crippen LogP contribution < -0.4 is 5.32 Å². The van der Waals surface area contributed by atoms with Gasteiger partial charge in [0.1, 0.15) is 0 Å². The molecule has 1 amide bonds. The van der Waals surface area contributed by atoms with Crippen molar-refractivity contribution in [2.45, 2.75) is 20.8 Å². The summed E-state index contributed by atoms with van der Waals surface area (Å²) >= 11 is 0. The number of anilines is 1. The van der Waals surface area contributed by atoms with Crippen LogP contribution in [0.2, 0.25) is 0 Å². The standard InChI is InChI=1S/C18H18N2O/c1-11-8-12(2)17(13(3)9-11)20-18(21)15-4-5-16-14(10-15)6-7-19-16/h4-10,19H,1-3H3,(H,20,21). The Hall–Kier alpha value is -2.55. The van der Waals surface area contributed by atoms with E-state index in [9.17, 15) is 4.79 Å². The molecule has 106 valence electrons. The van der Waals surface area contributed by atoms with Crippen LogP contribution in [0.4, 0.5) is 5.69 Å². The van der Waals surface area contributed by atoms with Crippen LogP contribution in [0.1, 0.15) is 27.0 Å². The summed E-state index contributed by atoms with van der Waals surface area (Å²) in [4.78, 5) is 15.6. The molecule has 21 heavy (non-hydrogen) atoms. The molecule has 0 radical (unpaired) electrons. The topological polar surface area (TPSA) is 44.9 Å². The molecule has 0 saturated heterocycles. The molecule has 1 heterocycles. The number of hydrogen-bond acceptors (Lipinski definition) is 1. The number of rotatable bonds is 2. The van der Waals surface area contributed by atoms with Crippen molar-refractivity contribution in [3.05, 3.63) is 64.8 Å². The van der Waals surface area contributed by atoms with E-state index < -0.39 is 0 Å². The summed E-state index contributed by atoms with van der Waals surface area (Å²) in [5, 5.41) is 4.07. The van der Waals surface area contributed by atoms with Crippen LogP contribution >= 0.6 is 0 Å². The number of nitrogens with one attached hydrogen (secondary N) is 2. The Morgan fingerprint density at radius 3 is 2.43 bits per heavy atom. The van der Waals surface area contributed by atoms with Gasteiger partial charge in [0.15, 0.2) is 0 Å². The summed E-state index contributed by atoms with van der Waals surface area (Å²) in [7, 11) is 0. The van der Waals surface area contributed by atoms with E-state index >= 15 is 0 Å². The summed E-state index contributed by atoms with van der Waals surface area (Å²) in [5.74, 6) is -0.0758. The fourth-order valence-electron chi connectivity index (χ4n) is 2.76. The van der Waals surface area contributed by atoms with Crippen molar-refractivity contribution in [1.82, 2.24) is 4.98 Å². The number of H-pyrrole nitrogens is 1. The number of carbonyl (C=O) groups is 1. The van der Waals surface area contributed by atoms with Crippen LogP contribution in [-0.4, -0.2) is 10.9 Å². The van der Waals surface area contributed by atoms with Crippen LogP contribution in [0.3, 0.4) is 0 Å². The zero-order valence-electron chi connectivity index (χ0n) is 12.4. The van der Waals surface area contributed by atoms with E-state index in [-0.39, 0.29) is 5.91 Å². The van der Waals surface area contributed by atoms with Crippen molar-refractivity contribution >= 4 is 22.5 Å². The third-order valence-corrected chi connectivity index (χ3v) is 3.73. The van der Waals surface area contributed by atoms with Crippen LogP contribution in [-0.2, 0) is 0 Å². The predicted octanol–water partition coefficient (Wildman–Crippen LogP) is 4.35. The fourth-order valence-corrected chi connectivity index (χ4v) is 2.76. The highest BCUT2D eigenvalue weighted by atomic mass is 16.1. The van der Waals surface area contributed by atoms with E-state index in [1.807, 2.05) is 44.3 Å². The van der Waals surface area contributed by atoms with E-state index in [1.54, 1.807) is 0 Å². The SMILES string of the molecule is Cc1cc(C)c(NC(=O)c2ccc3[nH]ccc3c2)c(C)c1. The Bertz CT molecular complexity index is 807. The maximum Gasteiger partial charge on any atom is 0.255 e. The van der Waals surface area contributed by atoms with Gasteiger partial charge in [-0.25, -0.2) is 0 Å². The van der Waals surface area contributed by atoms with Crippen LogP contribution in [0, 0.1) is 20.8 Å². The molecule has 0 spiro atoms. The average molecular weight is 278 g/mol. The molecule has 0 fully saturated rings. The Balaban J connectivity index is 1.92. The van der Waals surface area contributed by atoms with Crippen molar-refractivity contribution in [3.8, 4) is 0 Å². The van der Waals surface area contributed by atoms with Gasteiger partial charge in [0, 0.05) is 28.4 Å². The minimum Gasteiger partial charge on any atom is -0.361 e. The lowest BCUT2D eigenvalue weighted by Gasteiger charge is -2.13. The number of amides is 1. The first kappa shape index (κ1) is 13.4. The number of fused-ring (bicyclic) bond motifs is 1. The molecule has 0 saturated carbocycles. The summed E-state index contributed by atoms with van der Waals surface area (Å²) in [6.07, 6.45) is 1.88. The molecule has 0 aliphatic heterocycles. The molecule has 0 aliphatic carbocycles. The monoisotopic (exact) mass is 278 g/mol. The minimum atomic E-state index is -0.0758. The average Bonchev–Trinajstić information content (AvgIpc) is 2.89. The van der Waals surface area contributed by atoms with Gasteiger partial charge in [-0.05, 0) is 56.2 Å². The highest BCUT2D eigenvalue weighted by Crippen LogP contribution is 2.23. The second-order valence-electron chi connectivity index (χ2n) is 5.51. The number of benzene rings is 2. The fraction of sp³-hybridized carbons (Fsp3) is 0.167. The maximum atomic E-state index is 12.4. The molecule has 0 bridgehead atoms. The number of aromatic nitrogens is 1. The predicted molar refractivity (Wildman–Crippen MR) is 86.9 cm³/mol. The van der Waals surface area contributed by atoms with Gasteiger partial charge in [-0.1, -0.05) is 17.7 Å². The van der Waals surface area contributed by atoms with Crippen molar-refractivity contribution in [1.29, 1.82) is 0 Å². The van der Waals surface area contributed by atoms with Gasteiger partial charge >= 0.3 is 0 Å². The Labute approximate surface area is 124 Å². The Morgan fingerprint density at radius 2 is 1.71 bits per heavy atom. The largest absolute Gasteiger partial charge is 0.361 e. The van der Waals surface area contributed by atoms with E-state index in [2.05, 4.69) is 29.4 Å². The third kappa shape index (κ3) is 2.55. The van der Waals surface area contributed by atoms with E-state index in [0.717, 1.165) is 27.7 Å². The zero-order valence-corrected chi connectivity index (χ0v) is 12.4. The van der Waals surface area contributed by atoms with Crippen molar-refractivity contribution < 1.29 is 4.79 Å². The molecule has 0 aliphatic rings. The van der Waals surface area contributed by atoms with Gasteiger partial charge in [-0.15, -0.1) is 0 Å². The third-order valence-electron chi connectivity index (χ3n) is 3.73. The van der Waals surface area contributed by atoms with Gasteiger partial charge in [0.25, 0.3) is 5.91 Å². The van der Waals surface area contributed by atoms with Crippen molar-refractivity contribution in [3.63, 3.8) is 0 Å². The zero-order chi connectivity index (χ0) is 15.0. The lowest BCUT2D eigenvalue weighted by molar-refractivity contribution is 0.102. The summed E-state index contributed by atoms with van der Waals surface area (Å²) in [5.41, 5.74) is 5.99. The van der Waals surface area contributed by atoms with Gasteiger partial charge in [-0.3, -0.25) is 4.79 Å². The van der Waals surface area contributed by atoms with Gasteiger partial charge in [0.05, 0.1) is 0 Å². The molecular weight excluding hydrogens is 260 g/mol. The first-order chi connectivity index (χ1) is 10.0. The molecule has 1 aromatic heterocycles. The lowest BCUT2D eigenvalue weighted by Crippen LogP contribution is -2.13. The van der Waals surface area contributed by atoms with E-state index in [0.29, 0.717) is 5.56 Å². The molecule has 3 nitrogen and oxygen atoms in total. The van der Waals surface area contributed by atoms with E-state index in [1.165, 1.54) is 5.56 Å². The second kappa shape index (κ2) is 5.09. The second-order valence-corrected chi connectivity index (χ2v) is 5.51. The number of carbonyl (C=O) groups excluding carboxylic acids is 1. The Morgan fingerprint density at radius 1 is 1.00 bits per heavy atom. The molecule has 3 heteroatoms. The van der Waals surface area contributed by atoms with Gasteiger partial charge in [0.2, 0.25) is 0 Å². The van der Waals surface area contributed by atoms with Crippen LogP contribution in [0.25, 0.3) is 10.9 Å². The molecule has 3 aromatic rings. The smallest absolute Gasteiger partial charge is 0.255 e. The quantitative estimate of drug-likeness (QED) is 0.719. The van der Waals surface area contributed by atoms with Crippen LogP contribution in [0.15, 0.2) is 42.6 Å². The normalized spacial score (nSPS) is 10.8. The molecule has 2 N–H and O–H groups in total. The number of aryl methyl sites for hydroxylation is 3. The first-order valence-corrected chi connectivity index (χ1v) is 7.01. The summed E-state index contributed by atoms with van der Waals surface area (Å²) in [6.45, 7) is 6.10. The number of hydrogen-bond donors (Lipinski definition) is 2. The lowest BCUT2D eigenvalue weighted by atomic mass is 10.0. The maximum absolute atomic E-state index is 12.4. The van der Waals surface area contributed by atoms with Gasteiger partial charge < -0.3 is 10.3 Å². The molecule has 0 unspecified atom stereocenters. The molecule has 0 atom stereocenters. The van der Waals surface area contributed by atoms with Gasteiger partial charge in [-0.2, -0.15) is 0 Å². The minimum absolute atomic E-state index is 0.0758. The van der Waals surface area contributed by atoms with Crippen molar-refractivity contribution in [2.24, 2.45) is 0 Å². The molecular formula is C18H18N2O. The molecule has 2 aromatic carbocycles. The summed E-state index contributed by atoms with van der Waals surface area (Å²) < 4.78 is 0. The highest BCUT2D eigenvalue weighted by Gasteiger charge is 2.11. The summed E-state index contributed by atoms with van der Waals surface area (Å²) in [6, 6.07) is 11.8. The Kier molecular flexibility index (Phi) is 3.26. The first-order valence-electron chi connectivity index (χ1n) is 7.01. The van der Waals surface area contributed by atoms with Crippen LogP contribution in [0.5, 0.6) is 0 Å². The van der Waals surface area contributed by atoms with Crippen molar-refractivity contribution in [2.75, 3.05) is 5.32 Å². The number of aromatic amines is 1. The molecule has 3 rings (SSSR count). The highest BCUT2D eigenvalue weighted by molar-refractivity contribution is 6.06.